The van der Waals surface area contributed by atoms with Gasteiger partial charge in [-0.05, 0) is 43.4 Å². The zero-order valence-electron chi connectivity index (χ0n) is 17.5. The Hall–Kier alpha value is -3.72. The number of nitrogens with zero attached hydrogens (tertiary/aromatic N) is 6. The summed E-state index contributed by atoms with van der Waals surface area (Å²) in [4.78, 5) is 29.6. The van der Waals surface area contributed by atoms with Crippen molar-refractivity contribution < 1.29 is 4.79 Å². The normalized spacial score (nSPS) is 14.8. The number of H-pyrrole nitrogens is 1. The van der Waals surface area contributed by atoms with Gasteiger partial charge in [0.1, 0.15) is 0 Å². The zero-order valence-corrected chi connectivity index (χ0v) is 17.5. The first-order chi connectivity index (χ1) is 15.1. The van der Waals surface area contributed by atoms with Crippen molar-refractivity contribution in [3.05, 3.63) is 54.1 Å². The summed E-state index contributed by atoms with van der Waals surface area (Å²) in [5.74, 6) is 1.16. The van der Waals surface area contributed by atoms with Crippen molar-refractivity contribution >= 4 is 28.6 Å². The molecule has 9 nitrogen and oxygen atoms in total. The predicted octanol–water partition coefficient (Wildman–Crippen LogP) is 2.36. The van der Waals surface area contributed by atoms with Crippen LogP contribution in [0, 0.1) is 0 Å². The molecule has 1 aliphatic rings. The van der Waals surface area contributed by atoms with Gasteiger partial charge >= 0.3 is 0 Å². The Kier molecular flexibility index (Phi) is 4.87. The number of piperazine rings is 1. The molecule has 2 aromatic carbocycles. The number of rotatable bonds is 4. The number of likely N-dealkylation sites (N-methyl/N-ethyl adjacent to an activating group) is 1. The minimum absolute atomic E-state index is 0.242. The number of para-hydroxylation sites is 2. The molecular weight excluding hydrogens is 392 g/mol. The van der Waals surface area contributed by atoms with E-state index in [-0.39, 0.29) is 11.9 Å². The quantitative estimate of drug-likeness (QED) is 0.530. The lowest BCUT2D eigenvalue weighted by Gasteiger charge is -2.34. The smallest absolute Gasteiger partial charge is 0.258 e. The fourth-order valence-corrected chi connectivity index (χ4v) is 3.76. The van der Waals surface area contributed by atoms with Crippen LogP contribution >= 0.6 is 0 Å². The molecule has 5 rings (SSSR count). The van der Waals surface area contributed by atoms with Gasteiger partial charge in [-0.15, -0.1) is 5.10 Å². The number of imidazole rings is 1. The van der Waals surface area contributed by atoms with Crippen LogP contribution in [0.5, 0.6) is 0 Å². The number of carbonyl (C=O) groups excluding carboxylic acids is 1. The summed E-state index contributed by atoms with van der Waals surface area (Å²) in [5, 5.41) is 7.11. The fourth-order valence-electron chi connectivity index (χ4n) is 3.76. The van der Waals surface area contributed by atoms with Gasteiger partial charge in [0.05, 0.1) is 11.0 Å². The highest BCUT2D eigenvalue weighted by atomic mass is 16.1. The van der Waals surface area contributed by atoms with Crippen molar-refractivity contribution in [2.75, 3.05) is 43.4 Å². The highest BCUT2D eigenvalue weighted by Crippen LogP contribution is 2.21. The first kappa shape index (κ1) is 19.3. The maximum absolute atomic E-state index is 12.7. The Morgan fingerprint density at radius 1 is 0.968 bits per heavy atom. The van der Waals surface area contributed by atoms with E-state index in [1.807, 2.05) is 48.5 Å². The van der Waals surface area contributed by atoms with Crippen molar-refractivity contribution in [2.24, 2.45) is 7.05 Å². The minimum Gasteiger partial charge on any atom is -0.369 e. The van der Waals surface area contributed by atoms with Gasteiger partial charge in [0, 0.05) is 44.5 Å². The van der Waals surface area contributed by atoms with E-state index < -0.39 is 0 Å². The van der Waals surface area contributed by atoms with Gasteiger partial charge in [-0.2, -0.15) is 4.98 Å². The van der Waals surface area contributed by atoms with E-state index in [9.17, 15) is 4.79 Å². The molecule has 0 spiro atoms. The number of hydrogen-bond acceptors (Lipinski definition) is 6. The van der Waals surface area contributed by atoms with Crippen LogP contribution in [0.4, 0.5) is 11.6 Å². The SMILES string of the molecule is CN1CCN(c2ccc(C(=O)Nc3nc(-c4nc5ccccc5[nH]4)n(C)n3)cc2)CC1. The first-order valence-corrected chi connectivity index (χ1v) is 10.3. The molecule has 0 radical (unpaired) electrons. The summed E-state index contributed by atoms with van der Waals surface area (Å²) in [5.41, 5.74) is 3.47. The number of amides is 1. The molecule has 158 valence electrons. The number of benzene rings is 2. The highest BCUT2D eigenvalue weighted by Gasteiger charge is 2.17. The van der Waals surface area contributed by atoms with Crippen LogP contribution in [0.15, 0.2) is 48.5 Å². The van der Waals surface area contributed by atoms with Crippen LogP contribution in [-0.2, 0) is 7.05 Å². The second-order valence-corrected chi connectivity index (χ2v) is 7.78. The number of fused-ring (bicyclic) bond motifs is 1. The van der Waals surface area contributed by atoms with Crippen LogP contribution in [0.25, 0.3) is 22.7 Å². The molecule has 1 fully saturated rings. The number of aromatic amines is 1. The molecule has 0 unspecified atom stereocenters. The summed E-state index contributed by atoms with van der Waals surface area (Å²) in [7, 11) is 3.91. The van der Waals surface area contributed by atoms with E-state index in [1.54, 1.807) is 11.7 Å². The van der Waals surface area contributed by atoms with E-state index in [2.05, 4.69) is 42.2 Å². The molecule has 9 heteroatoms. The molecule has 0 bridgehead atoms. The summed E-state index contributed by atoms with van der Waals surface area (Å²) < 4.78 is 1.60. The molecule has 3 heterocycles. The summed E-state index contributed by atoms with van der Waals surface area (Å²) in [6.45, 7) is 4.07. The average molecular weight is 416 g/mol. The number of aryl methyl sites for hydroxylation is 1. The molecule has 0 atom stereocenters. The van der Waals surface area contributed by atoms with Crippen molar-refractivity contribution in [1.29, 1.82) is 0 Å². The van der Waals surface area contributed by atoms with Gasteiger partial charge in [-0.25, -0.2) is 9.67 Å². The lowest BCUT2D eigenvalue weighted by Crippen LogP contribution is -2.44. The maximum atomic E-state index is 12.7. The summed E-state index contributed by atoms with van der Waals surface area (Å²) >= 11 is 0. The van der Waals surface area contributed by atoms with Crippen molar-refractivity contribution in [2.45, 2.75) is 0 Å². The summed E-state index contributed by atoms with van der Waals surface area (Å²) in [6.07, 6.45) is 0. The Labute approximate surface area is 179 Å². The van der Waals surface area contributed by atoms with E-state index >= 15 is 0 Å². The van der Waals surface area contributed by atoms with Gasteiger partial charge in [0.25, 0.3) is 5.91 Å². The standard InChI is InChI=1S/C22H24N8O/c1-28-11-13-30(14-12-28)16-9-7-15(8-10-16)21(31)26-22-25-20(29(2)27-22)19-23-17-5-3-4-6-18(17)24-19/h3-10H,11-14H2,1-2H3,(H,23,24)(H,26,27,31). The van der Waals surface area contributed by atoms with E-state index in [1.165, 1.54) is 0 Å². The minimum atomic E-state index is -0.244. The molecule has 1 amide bonds. The third kappa shape index (κ3) is 3.87. The van der Waals surface area contributed by atoms with E-state index in [4.69, 9.17) is 0 Å². The topological polar surface area (TPSA) is 95.0 Å². The summed E-state index contributed by atoms with van der Waals surface area (Å²) in [6, 6.07) is 15.4. The molecule has 2 N–H and O–H groups in total. The predicted molar refractivity (Wildman–Crippen MR) is 120 cm³/mol. The second kappa shape index (κ2) is 7.84. The monoisotopic (exact) mass is 416 g/mol. The lowest BCUT2D eigenvalue weighted by molar-refractivity contribution is 0.102. The number of anilines is 2. The number of aromatic nitrogens is 5. The fraction of sp³-hybridized carbons (Fsp3) is 0.273. The molecule has 0 saturated carbocycles. The molecule has 1 aliphatic heterocycles. The largest absolute Gasteiger partial charge is 0.369 e. The van der Waals surface area contributed by atoms with Crippen molar-refractivity contribution in [3.8, 4) is 11.6 Å². The molecule has 31 heavy (non-hydrogen) atoms. The number of carbonyl (C=O) groups is 1. The van der Waals surface area contributed by atoms with Gasteiger partial charge in [0.2, 0.25) is 5.95 Å². The molecule has 4 aromatic rings. The third-order valence-corrected chi connectivity index (χ3v) is 5.59. The van der Waals surface area contributed by atoms with Crippen molar-refractivity contribution in [1.82, 2.24) is 29.6 Å². The van der Waals surface area contributed by atoms with Crippen LogP contribution < -0.4 is 10.2 Å². The van der Waals surface area contributed by atoms with E-state index in [0.717, 1.165) is 42.9 Å². The van der Waals surface area contributed by atoms with Gasteiger partial charge in [0.15, 0.2) is 11.6 Å². The van der Waals surface area contributed by atoms with Crippen LogP contribution in [0.3, 0.4) is 0 Å². The lowest BCUT2D eigenvalue weighted by atomic mass is 10.1. The van der Waals surface area contributed by atoms with E-state index in [0.29, 0.717) is 17.2 Å². The zero-order chi connectivity index (χ0) is 21.4. The Morgan fingerprint density at radius 3 is 2.45 bits per heavy atom. The second-order valence-electron chi connectivity index (χ2n) is 7.78. The first-order valence-electron chi connectivity index (χ1n) is 10.3. The molecular formula is C22H24N8O. The van der Waals surface area contributed by atoms with Gasteiger partial charge < -0.3 is 14.8 Å². The highest BCUT2D eigenvalue weighted by molar-refractivity contribution is 6.03. The van der Waals surface area contributed by atoms with Gasteiger partial charge in [-0.1, -0.05) is 12.1 Å². The molecule has 2 aromatic heterocycles. The Balaban J connectivity index is 1.30. The molecule has 1 saturated heterocycles. The van der Waals surface area contributed by atoms with Crippen LogP contribution in [0.2, 0.25) is 0 Å². The van der Waals surface area contributed by atoms with Crippen LogP contribution in [-0.4, -0.2) is 68.8 Å². The average Bonchev–Trinajstić information content (AvgIpc) is 3.37. The number of hydrogen-bond donors (Lipinski definition) is 2. The maximum Gasteiger partial charge on any atom is 0.258 e. The van der Waals surface area contributed by atoms with Gasteiger partial charge in [-0.3, -0.25) is 10.1 Å². The molecule has 0 aliphatic carbocycles. The Morgan fingerprint density at radius 2 is 1.71 bits per heavy atom. The van der Waals surface area contributed by atoms with Crippen molar-refractivity contribution in [3.63, 3.8) is 0 Å². The number of nitrogens with one attached hydrogen (secondary N) is 2. The van der Waals surface area contributed by atoms with Crippen LogP contribution in [0.1, 0.15) is 10.4 Å². The Bertz CT molecular complexity index is 1190. The third-order valence-electron chi connectivity index (χ3n) is 5.59.